The van der Waals surface area contributed by atoms with Crippen molar-refractivity contribution in [1.29, 1.82) is 0 Å². The molecule has 0 fully saturated rings. The number of rotatable bonds is 8. The molecule has 0 aliphatic heterocycles. The van der Waals surface area contributed by atoms with E-state index in [0.717, 1.165) is 22.7 Å². The molecular formula is C30H29N2O2PtS2-. The van der Waals surface area contributed by atoms with Gasteiger partial charge >= 0.3 is 0 Å². The Kier molecular flexibility index (Phi) is 13.4. The van der Waals surface area contributed by atoms with Crippen molar-refractivity contribution in [2.24, 2.45) is 0 Å². The third-order valence-electron chi connectivity index (χ3n) is 4.70. The molecule has 0 saturated heterocycles. The molecule has 0 aliphatic rings. The Bertz CT molecular complexity index is 1300. The molecule has 4 aromatic rings. The van der Waals surface area contributed by atoms with Crippen LogP contribution in [-0.4, -0.2) is 22.9 Å². The van der Waals surface area contributed by atoms with Crippen LogP contribution in [0.4, 0.5) is 0 Å². The van der Waals surface area contributed by atoms with Gasteiger partial charge in [-0.15, -0.1) is 47.3 Å². The van der Waals surface area contributed by atoms with Crippen molar-refractivity contribution in [3.05, 3.63) is 115 Å². The van der Waals surface area contributed by atoms with Crippen LogP contribution < -0.4 is 5.32 Å². The molecule has 0 spiro atoms. The summed E-state index contributed by atoms with van der Waals surface area (Å²) in [5, 5.41) is 11.6. The Labute approximate surface area is 242 Å². The summed E-state index contributed by atoms with van der Waals surface area (Å²) >= 11 is 3.51. The minimum Gasteiger partial charge on any atom is -0.512 e. The van der Waals surface area contributed by atoms with E-state index in [0.29, 0.717) is 0 Å². The van der Waals surface area contributed by atoms with Crippen molar-refractivity contribution in [1.82, 2.24) is 10.3 Å². The number of pyridine rings is 1. The Morgan fingerprint density at radius 2 is 1.57 bits per heavy atom. The van der Waals surface area contributed by atoms with E-state index in [1.165, 1.54) is 40.2 Å². The van der Waals surface area contributed by atoms with Crippen LogP contribution in [0.25, 0.3) is 11.3 Å². The topological polar surface area (TPSA) is 62.2 Å². The molecule has 0 atom stereocenters. The molecule has 0 amide bonds. The Morgan fingerprint density at radius 1 is 0.946 bits per heavy atom. The van der Waals surface area contributed by atoms with E-state index in [-0.39, 0.29) is 32.6 Å². The number of nitrogens with zero attached hydrogens (tertiary/aromatic N) is 1. The average Bonchev–Trinajstić information content (AvgIpc) is 2.85. The molecule has 3 aromatic carbocycles. The van der Waals surface area contributed by atoms with E-state index >= 15 is 0 Å². The fourth-order valence-corrected chi connectivity index (χ4v) is 5.19. The van der Waals surface area contributed by atoms with E-state index in [2.05, 4.69) is 83.1 Å². The first-order chi connectivity index (χ1) is 17.4. The van der Waals surface area contributed by atoms with Gasteiger partial charge in [-0.05, 0) is 62.5 Å². The summed E-state index contributed by atoms with van der Waals surface area (Å²) in [6.07, 6.45) is 3.04. The molecule has 7 heteroatoms. The summed E-state index contributed by atoms with van der Waals surface area (Å²) in [5.74, 6) is -0.0625. The van der Waals surface area contributed by atoms with Crippen molar-refractivity contribution in [3.63, 3.8) is 0 Å². The third-order valence-corrected chi connectivity index (χ3v) is 6.73. The zero-order valence-corrected chi connectivity index (χ0v) is 24.8. The molecule has 0 bridgehead atoms. The first kappa shape index (κ1) is 30.6. The number of allylic oxidation sites excluding steroid dienone is 2. The summed E-state index contributed by atoms with van der Waals surface area (Å²) in [4.78, 5) is 19.4. The fourth-order valence-electron chi connectivity index (χ4n) is 3.26. The van der Waals surface area contributed by atoms with Gasteiger partial charge in [0, 0.05) is 49.7 Å². The van der Waals surface area contributed by atoms with E-state index in [9.17, 15) is 4.79 Å². The fraction of sp³-hybridized carbons (Fsp3) is 0.133. The van der Waals surface area contributed by atoms with Crippen LogP contribution in [0.3, 0.4) is 0 Å². The van der Waals surface area contributed by atoms with Crippen LogP contribution in [0, 0.1) is 6.07 Å². The molecule has 1 aromatic heterocycles. The summed E-state index contributed by atoms with van der Waals surface area (Å²) in [6.45, 7) is 3.67. The summed E-state index contributed by atoms with van der Waals surface area (Å²) in [7, 11) is 1.96. The molecular weight excluding hydrogens is 680 g/mol. The van der Waals surface area contributed by atoms with Gasteiger partial charge in [0.05, 0.1) is 5.76 Å². The minimum atomic E-state index is -0.125. The van der Waals surface area contributed by atoms with E-state index < -0.39 is 0 Å². The van der Waals surface area contributed by atoms with Crippen LogP contribution >= 0.6 is 23.5 Å². The van der Waals surface area contributed by atoms with Gasteiger partial charge in [-0.1, -0.05) is 52.3 Å². The van der Waals surface area contributed by atoms with Gasteiger partial charge in [-0.2, -0.15) is 0 Å². The van der Waals surface area contributed by atoms with Crippen LogP contribution in [0.1, 0.15) is 19.4 Å². The minimum absolute atomic E-state index is 0. The number of ketones is 1. The SMILES string of the molecule is CC(=O)/C=C(/C)O.CNCc1ccnc(-c2[c-]cc(Sc3ccccc3)cc2Sc2ccccc2)c1.[Pt]. The molecule has 0 radical (unpaired) electrons. The van der Waals surface area contributed by atoms with Crippen molar-refractivity contribution in [3.8, 4) is 11.3 Å². The molecule has 1 heterocycles. The zero-order valence-electron chi connectivity index (χ0n) is 20.9. The van der Waals surface area contributed by atoms with Gasteiger partial charge in [-0.25, -0.2) is 0 Å². The van der Waals surface area contributed by atoms with E-state index in [1.54, 1.807) is 23.5 Å². The second-order valence-electron chi connectivity index (χ2n) is 7.88. The number of benzene rings is 3. The summed E-state index contributed by atoms with van der Waals surface area (Å²) in [5.41, 5.74) is 3.20. The zero-order chi connectivity index (χ0) is 25.8. The van der Waals surface area contributed by atoms with Crippen LogP contribution in [-0.2, 0) is 32.4 Å². The third kappa shape index (κ3) is 10.7. The number of aliphatic hydroxyl groups excluding tert-OH is 1. The Balaban J connectivity index is 0.000000532. The Hall–Kier alpha value is -2.63. The first-order valence-corrected chi connectivity index (χ1v) is 13.1. The van der Waals surface area contributed by atoms with Gasteiger partial charge in [-0.3, -0.25) is 4.79 Å². The molecule has 2 N–H and O–H groups in total. The van der Waals surface area contributed by atoms with Gasteiger partial charge in [0.15, 0.2) is 5.78 Å². The number of carbonyl (C=O) groups excluding carboxylic acids is 1. The van der Waals surface area contributed by atoms with Crippen molar-refractivity contribution in [2.45, 2.75) is 40.0 Å². The first-order valence-electron chi connectivity index (χ1n) is 11.4. The normalized spacial score (nSPS) is 10.6. The maximum Gasteiger partial charge on any atom is 0.155 e. The molecule has 0 unspecified atom stereocenters. The molecule has 0 saturated carbocycles. The van der Waals surface area contributed by atoms with Crippen LogP contribution in [0.2, 0.25) is 0 Å². The van der Waals surface area contributed by atoms with Gasteiger partial charge in [0.1, 0.15) is 0 Å². The van der Waals surface area contributed by atoms with Gasteiger partial charge < -0.3 is 15.4 Å². The summed E-state index contributed by atoms with van der Waals surface area (Å²) in [6, 6.07) is 32.9. The number of carbonyl (C=O) groups is 1. The predicted molar refractivity (Wildman–Crippen MR) is 149 cm³/mol. The number of hydrogen-bond donors (Lipinski definition) is 2. The van der Waals surface area contributed by atoms with E-state index in [1.807, 2.05) is 31.4 Å². The van der Waals surface area contributed by atoms with Crippen molar-refractivity contribution >= 4 is 29.3 Å². The Morgan fingerprint density at radius 3 is 2.11 bits per heavy atom. The predicted octanol–water partition coefficient (Wildman–Crippen LogP) is 7.61. The number of aliphatic hydroxyl groups is 1. The number of nitrogens with one attached hydrogen (secondary N) is 1. The van der Waals surface area contributed by atoms with Crippen molar-refractivity contribution < 1.29 is 31.0 Å². The molecule has 4 rings (SSSR count). The molecule has 4 nitrogen and oxygen atoms in total. The quantitative estimate of drug-likeness (QED) is 0.112. The van der Waals surface area contributed by atoms with Crippen molar-refractivity contribution in [2.75, 3.05) is 7.05 Å². The second-order valence-corrected chi connectivity index (χ2v) is 10.1. The largest absolute Gasteiger partial charge is 0.512 e. The second kappa shape index (κ2) is 16.3. The van der Waals surface area contributed by atoms with Crippen LogP contribution in [0.15, 0.2) is 123 Å². The standard InChI is InChI=1S/C25H21N2S2.C5H8O2.Pt/c1-26-18-19-14-15-27-24(16-19)23-13-12-22(28-20-8-4-2-5-9-20)17-25(23)29-21-10-6-3-7-11-21;1-4(6)3-5(2)7;/h2-12,14-17,26H,18H2,1H3;3,6H,1-2H3;/q-1;;/b;4-3-;. The number of hydrogen-bond acceptors (Lipinski definition) is 6. The maximum atomic E-state index is 10.0. The monoisotopic (exact) mass is 708 g/mol. The van der Waals surface area contributed by atoms with Gasteiger partial charge in [0.25, 0.3) is 0 Å². The average molecular weight is 709 g/mol. The van der Waals surface area contributed by atoms with E-state index in [4.69, 9.17) is 5.11 Å². The van der Waals surface area contributed by atoms with Crippen LogP contribution in [0.5, 0.6) is 0 Å². The molecule has 0 aliphatic carbocycles. The molecule has 194 valence electrons. The number of aromatic nitrogens is 1. The molecule has 37 heavy (non-hydrogen) atoms. The summed E-state index contributed by atoms with van der Waals surface area (Å²) < 4.78 is 0. The van der Waals surface area contributed by atoms with Gasteiger partial charge in [0.2, 0.25) is 0 Å². The maximum absolute atomic E-state index is 10.0. The smallest absolute Gasteiger partial charge is 0.155 e.